The predicted octanol–water partition coefficient (Wildman–Crippen LogP) is 2.89. The first-order valence-electron chi connectivity index (χ1n) is 9.52. The van der Waals surface area contributed by atoms with Crippen LogP contribution < -0.4 is 10.6 Å². The molecule has 136 valence electrons. The molecule has 2 aliphatic rings. The van der Waals surface area contributed by atoms with Crippen LogP contribution >= 0.6 is 0 Å². The van der Waals surface area contributed by atoms with Crippen LogP contribution in [0.2, 0.25) is 0 Å². The highest BCUT2D eigenvalue weighted by Crippen LogP contribution is 2.23. The zero-order valence-electron chi connectivity index (χ0n) is 15.1. The largest absolute Gasteiger partial charge is 0.339 e. The van der Waals surface area contributed by atoms with E-state index in [1.54, 1.807) is 0 Å². The van der Waals surface area contributed by atoms with Crippen LogP contribution in [0.25, 0.3) is 0 Å². The normalized spacial score (nSPS) is 21.3. The zero-order chi connectivity index (χ0) is 17.6. The molecule has 3 rings (SSSR count). The van der Waals surface area contributed by atoms with E-state index in [4.69, 9.17) is 0 Å². The predicted molar refractivity (Wildman–Crippen MR) is 99.6 cm³/mol. The summed E-state index contributed by atoms with van der Waals surface area (Å²) in [5, 5.41) is 6.28. The number of carbonyl (C=O) groups is 2. The van der Waals surface area contributed by atoms with Gasteiger partial charge in [-0.3, -0.25) is 9.59 Å². The van der Waals surface area contributed by atoms with Gasteiger partial charge in [0, 0.05) is 19.5 Å². The van der Waals surface area contributed by atoms with Crippen LogP contribution in [0.15, 0.2) is 24.3 Å². The SMILES string of the molecule is CC1CCN(C(=O)c2ccccc2NC(=O)CCC2CCNC2)CC1. The molecule has 0 radical (unpaired) electrons. The summed E-state index contributed by atoms with van der Waals surface area (Å²) >= 11 is 0. The van der Waals surface area contributed by atoms with Crippen molar-refractivity contribution in [2.45, 2.75) is 39.0 Å². The molecule has 5 heteroatoms. The van der Waals surface area contributed by atoms with E-state index in [0.717, 1.165) is 51.9 Å². The van der Waals surface area contributed by atoms with Crippen molar-refractivity contribution in [2.75, 3.05) is 31.5 Å². The summed E-state index contributed by atoms with van der Waals surface area (Å²) in [7, 11) is 0. The quantitative estimate of drug-likeness (QED) is 0.864. The first-order chi connectivity index (χ1) is 12.1. The van der Waals surface area contributed by atoms with Crippen LogP contribution in [0.3, 0.4) is 0 Å². The first-order valence-corrected chi connectivity index (χ1v) is 9.52. The van der Waals surface area contributed by atoms with Gasteiger partial charge >= 0.3 is 0 Å². The van der Waals surface area contributed by atoms with Gasteiger partial charge in [-0.1, -0.05) is 19.1 Å². The lowest BCUT2D eigenvalue weighted by atomic mass is 9.98. The Morgan fingerprint density at radius 1 is 1.20 bits per heavy atom. The van der Waals surface area contributed by atoms with E-state index in [2.05, 4.69) is 17.6 Å². The number of nitrogens with one attached hydrogen (secondary N) is 2. The molecule has 0 bridgehead atoms. The molecular weight excluding hydrogens is 314 g/mol. The number of nitrogens with zero attached hydrogens (tertiary/aromatic N) is 1. The zero-order valence-corrected chi connectivity index (χ0v) is 15.1. The fourth-order valence-electron chi connectivity index (χ4n) is 3.67. The van der Waals surface area contributed by atoms with E-state index in [0.29, 0.717) is 29.5 Å². The monoisotopic (exact) mass is 343 g/mol. The van der Waals surface area contributed by atoms with Gasteiger partial charge in [0.2, 0.25) is 5.91 Å². The third kappa shape index (κ3) is 4.82. The van der Waals surface area contributed by atoms with Crippen molar-refractivity contribution >= 4 is 17.5 Å². The maximum atomic E-state index is 12.8. The van der Waals surface area contributed by atoms with E-state index >= 15 is 0 Å². The number of hydrogen-bond acceptors (Lipinski definition) is 3. The van der Waals surface area contributed by atoms with E-state index in [1.165, 1.54) is 0 Å². The fraction of sp³-hybridized carbons (Fsp3) is 0.600. The first kappa shape index (κ1) is 17.9. The van der Waals surface area contributed by atoms with Gasteiger partial charge in [0.15, 0.2) is 0 Å². The van der Waals surface area contributed by atoms with Crippen LogP contribution in [-0.2, 0) is 4.79 Å². The summed E-state index contributed by atoms with van der Waals surface area (Å²) in [6.07, 6.45) is 4.66. The molecule has 25 heavy (non-hydrogen) atoms. The number of hydrogen-bond donors (Lipinski definition) is 2. The minimum atomic E-state index is -0.000540. The summed E-state index contributed by atoms with van der Waals surface area (Å²) in [6, 6.07) is 7.37. The summed E-state index contributed by atoms with van der Waals surface area (Å²) in [5.74, 6) is 1.31. The third-order valence-electron chi connectivity index (χ3n) is 5.44. The Morgan fingerprint density at radius 3 is 2.68 bits per heavy atom. The molecule has 0 aliphatic carbocycles. The van der Waals surface area contributed by atoms with Gasteiger partial charge in [-0.05, 0) is 62.7 Å². The topological polar surface area (TPSA) is 61.4 Å². The molecule has 2 saturated heterocycles. The molecular formula is C20H29N3O2. The molecule has 0 saturated carbocycles. The van der Waals surface area contributed by atoms with Crippen molar-refractivity contribution in [1.82, 2.24) is 10.2 Å². The van der Waals surface area contributed by atoms with Gasteiger partial charge in [-0.25, -0.2) is 0 Å². The maximum Gasteiger partial charge on any atom is 0.255 e. The van der Waals surface area contributed by atoms with Crippen molar-refractivity contribution in [3.8, 4) is 0 Å². The van der Waals surface area contributed by atoms with Crippen LogP contribution in [0, 0.1) is 11.8 Å². The number of para-hydroxylation sites is 1. The Balaban J connectivity index is 1.59. The molecule has 0 aromatic heterocycles. The average Bonchev–Trinajstić information content (AvgIpc) is 3.14. The molecule has 2 N–H and O–H groups in total. The lowest BCUT2D eigenvalue weighted by Crippen LogP contribution is -2.38. The van der Waals surface area contributed by atoms with Gasteiger partial charge in [0.25, 0.3) is 5.91 Å². The second kappa shape index (κ2) is 8.48. The van der Waals surface area contributed by atoms with Crippen molar-refractivity contribution in [1.29, 1.82) is 0 Å². The molecule has 2 aliphatic heterocycles. The smallest absolute Gasteiger partial charge is 0.255 e. The van der Waals surface area contributed by atoms with Crippen molar-refractivity contribution in [3.05, 3.63) is 29.8 Å². The highest BCUT2D eigenvalue weighted by atomic mass is 16.2. The van der Waals surface area contributed by atoms with E-state index in [1.807, 2.05) is 29.2 Å². The highest BCUT2D eigenvalue weighted by molar-refractivity contribution is 6.03. The standard InChI is InChI=1S/C20H29N3O2/c1-15-9-12-23(13-10-15)20(25)17-4-2-3-5-18(17)22-19(24)7-6-16-8-11-21-14-16/h2-5,15-16,21H,6-14H2,1H3,(H,22,24). The van der Waals surface area contributed by atoms with Gasteiger partial charge in [-0.15, -0.1) is 0 Å². The Kier molecular flexibility index (Phi) is 6.08. The lowest BCUT2D eigenvalue weighted by Gasteiger charge is -2.30. The van der Waals surface area contributed by atoms with Crippen LogP contribution in [-0.4, -0.2) is 42.9 Å². The van der Waals surface area contributed by atoms with Gasteiger partial charge in [0.05, 0.1) is 11.3 Å². The van der Waals surface area contributed by atoms with E-state index < -0.39 is 0 Å². The lowest BCUT2D eigenvalue weighted by molar-refractivity contribution is -0.116. The van der Waals surface area contributed by atoms with Gasteiger partial charge < -0.3 is 15.5 Å². The average molecular weight is 343 g/mol. The third-order valence-corrected chi connectivity index (χ3v) is 5.44. The summed E-state index contributed by atoms with van der Waals surface area (Å²) in [5.41, 5.74) is 1.24. The number of amides is 2. The van der Waals surface area contributed by atoms with Gasteiger partial charge in [0.1, 0.15) is 0 Å². The maximum absolute atomic E-state index is 12.8. The molecule has 2 heterocycles. The number of carbonyl (C=O) groups excluding carboxylic acids is 2. The van der Waals surface area contributed by atoms with Gasteiger partial charge in [-0.2, -0.15) is 0 Å². The minimum Gasteiger partial charge on any atom is -0.339 e. The second-order valence-corrected chi connectivity index (χ2v) is 7.47. The van der Waals surface area contributed by atoms with Crippen molar-refractivity contribution in [2.24, 2.45) is 11.8 Å². The number of piperidine rings is 1. The number of benzene rings is 1. The van der Waals surface area contributed by atoms with E-state index in [9.17, 15) is 9.59 Å². The molecule has 1 aromatic rings. The molecule has 5 nitrogen and oxygen atoms in total. The summed E-state index contributed by atoms with van der Waals surface area (Å²) < 4.78 is 0. The molecule has 1 aromatic carbocycles. The van der Waals surface area contributed by atoms with Crippen LogP contribution in [0.5, 0.6) is 0 Å². The summed E-state index contributed by atoms with van der Waals surface area (Å²) in [4.78, 5) is 27.1. The summed E-state index contributed by atoms with van der Waals surface area (Å²) in [6.45, 7) is 5.90. The number of rotatable bonds is 5. The molecule has 1 atom stereocenters. The van der Waals surface area contributed by atoms with Crippen molar-refractivity contribution < 1.29 is 9.59 Å². The number of likely N-dealkylation sites (tertiary alicyclic amines) is 1. The Labute approximate surface area is 150 Å². The molecule has 2 fully saturated rings. The second-order valence-electron chi connectivity index (χ2n) is 7.47. The van der Waals surface area contributed by atoms with E-state index in [-0.39, 0.29) is 11.8 Å². The Hall–Kier alpha value is -1.88. The van der Waals surface area contributed by atoms with Crippen molar-refractivity contribution in [3.63, 3.8) is 0 Å². The Bertz CT molecular complexity index is 603. The molecule has 1 unspecified atom stereocenters. The minimum absolute atomic E-state index is 0.000540. The van der Waals surface area contributed by atoms with Crippen LogP contribution in [0.4, 0.5) is 5.69 Å². The van der Waals surface area contributed by atoms with Crippen LogP contribution in [0.1, 0.15) is 49.4 Å². The Morgan fingerprint density at radius 2 is 1.96 bits per heavy atom. The highest BCUT2D eigenvalue weighted by Gasteiger charge is 2.23. The molecule has 0 spiro atoms. The fourth-order valence-corrected chi connectivity index (χ4v) is 3.67. The number of anilines is 1. The molecule has 2 amide bonds.